The maximum atomic E-state index is 6.72. The molecule has 0 amide bonds. The standard InChI is InChI=1S/C37H37NO6/c1-5-13-28(14-6-1)21-39-27-33(40-22-29-15-7-2-8-16-29)35-37(42-24-31-19-11-4-12-20-31)36(34-32(25-43-35)26-44-38-34)41-23-30-17-9-3-10-18-30/h1-20,26,33,35-37H,21-25,27H2/t33-,35-,36-,37+/m1/s1. The van der Waals surface area contributed by atoms with Crippen molar-refractivity contribution in [2.24, 2.45) is 0 Å². The fraction of sp³-hybridized carbons (Fsp3) is 0.270. The number of rotatable bonds is 14. The van der Waals surface area contributed by atoms with Gasteiger partial charge in [0.1, 0.15) is 36.4 Å². The van der Waals surface area contributed by atoms with Crippen LogP contribution in [0.4, 0.5) is 0 Å². The zero-order valence-corrected chi connectivity index (χ0v) is 24.6. The summed E-state index contributed by atoms with van der Waals surface area (Å²) in [5.74, 6) is 0. The average molecular weight is 592 g/mol. The highest BCUT2D eigenvalue weighted by Crippen LogP contribution is 2.36. The Labute approximate surface area is 258 Å². The largest absolute Gasteiger partial charge is 0.374 e. The molecule has 0 bridgehead atoms. The molecule has 1 aliphatic rings. The second-order valence-corrected chi connectivity index (χ2v) is 10.8. The van der Waals surface area contributed by atoms with Crippen molar-refractivity contribution in [1.82, 2.24) is 5.16 Å². The second-order valence-electron chi connectivity index (χ2n) is 10.8. The van der Waals surface area contributed by atoms with Crippen LogP contribution >= 0.6 is 0 Å². The first-order valence-corrected chi connectivity index (χ1v) is 15.0. The summed E-state index contributed by atoms with van der Waals surface area (Å²) in [5, 5.41) is 4.37. The molecule has 0 unspecified atom stereocenters. The average Bonchev–Trinajstić information content (AvgIpc) is 3.50. The molecule has 5 aromatic rings. The predicted octanol–water partition coefficient (Wildman–Crippen LogP) is 7.22. The Morgan fingerprint density at radius 1 is 0.636 bits per heavy atom. The Bertz CT molecular complexity index is 1510. The van der Waals surface area contributed by atoms with Crippen molar-refractivity contribution in [3.63, 3.8) is 0 Å². The summed E-state index contributed by atoms with van der Waals surface area (Å²) >= 11 is 0. The topological polar surface area (TPSA) is 72.2 Å². The van der Waals surface area contributed by atoms with Gasteiger partial charge in [-0.2, -0.15) is 0 Å². The van der Waals surface area contributed by atoms with Gasteiger partial charge in [0, 0.05) is 5.56 Å². The van der Waals surface area contributed by atoms with Crippen molar-refractivity contribution in [3.8, 4) is 0 Å². The van der Waals surface area contributed by atoms with E-state index in [2.05, 4.69) is 5.16 Å². The summed E-state index contributed by atoms with van der Waals surface area (Å²) in [4.78, 5) is 0. The molecule has 0 fully saturated rings. The van der Waals surface area contributed by atoms with Gasteiger partial charge in [-0.25, -0.2) is 0 Å². The van der Waals surface area contributed by atoms with Crippen LogP contribution < -0.4 is 0 Å². The van der Waals surface area contributed by atoms with Crippen molar-refractivity contribution >= 4 is 0 Å². The van der Waals surface area contributed by atoms with Gasteiger partial charge >= 0.3 is 0 Å². The first-order chi connectivity index (χ1) is 21.8. The Hall–Kier alpha value is -4.11. The lowest BCUT2D eigenvalue weighted by molar-refractivity contribution is -0.197. The maximum Gasteiger partial charge on any atom is 0.132 e. The zero-order chi connectivity index (χ0) is 29.8. The van der Waals surface area contributed by atoms with Crippen molar-refractivity contribution in [1.29, 1.82) is 0 Å². The van der Waals surface area contributed by atoms with Gasteiger partial charge in [-0.3, -0.25) is 0 Å². The van der Waals surface area contributed by atoms with Crippen molar-refractivity contribution < 1.29 is 28.2 Å². The Kier molecular flexibility index (Phi) is 10.6. The molecule has 0 aliphatic carbocycles. The van der Waals surface area contributed by atoms with E-state index in [9.17, 15) is 0 Å². The molecule has 7 heteroatoms. The molecule has 44 heavy (non-hydrogen) atoms. The van der Waals surface area contributed by atoms with E-state index in [1.54, 1.807) is 6.26 Å². The number of hydrogen-bond acceptors (Lipinski definition) is 7. The monoisotopic (exact) mass is 591 g/mol. The highest BCUT2D eigenvalue weighted by molar-refractivity contribution is 5.22. The van der Waals surface area contributed by atoms with Crippen LogP contribution in [-0.2, 0) is 56.7 Å². The van der Waals surface area contributed by atoms with Gasteiger partial charge in [0.2, 0.25) is 0 Å². The van der Waals surface area contributed by atoms with Crippen LogP contribution in [0.15, 0.2) is 132 Å². The summed E-state index contributed by atoms with van der Waals surface area (Å²) in [6.45, 7) is 2.16. The molecule has 0 N–H and O–H groups in total. The second kappa shape index (κ2) is 15.6. The molecule has 0 radical (unpaired) electrons. The van der Waals surface area contributed by atoms with Gasteiger partial charge in [0.25, 0.3) is 0 Å². The molecule has 0 spiro atoms. The summed E-state index contributed by atoms with van der Waals surface area (Å²) in [7, 11) is 0. The molecule has 6 rings (SSSR count). The van der Waals surface area contributed by atoms with E-state index in [0.29, 0.717) is 38.7 Å². The quantitative estimate of drug-likeness (QED) is 0.135. The van der Waals surface area contributed by atoms with E-state index in [4.69, 9.17) is 28.2 Å². The molecule has 4 aromatic carbocycles. The lowest BCUT2D eigenvalue weighted by atomic mass is 9.99. The zero-order valence-electron chi connectivity index (χ0n) is 24.6. The SMILES string of the molecule is c1ccc(COC[C@@H](OCc2ccccc2)[C@H]2OCc3conc3[C@@H](OCc3ccccc3)[C@H]2OCc2ccccc2)cc1. The van der Waals surface area contributed by atoms with Gasteiger partial charge in [0.05, 0.1) is 39.6 Å². The molecular formula is C37H37NO6. The van der Waals surface area contributed by atoms with E-state index in [-0.39, 0.29) is 6.61 Å². The molecule has 0 saturated heterocycles. The smallest absolute Gasteiger partial charge is 0.132 e. The fourth-order valence-electron chi connectivity index (χ4n) is 5.30. The Morgan fingerprint density at radius 2 is 1.16 bits per heavy atom. The molecule has 4 atom stereocenters. The Morgan fingerprint density at radius 3 is 1.75 bits per heavy atom. The molecule has 0 saturated carbocycles. The molecule has 1 aliphatic heterocycles. The summed E-state index contributed by atoms with van der Waals surface area (Å²) in [6.07, 6.45) is -0.531. The van der Waals surface area contributed by atoms with E-state index in [1.807, 2.05) is 121 Å². The fourth-order valence-corrected chi connectivity index (χ4v) is 5.30. The predicted molar refractivity (Wildman–Crippen MR) is 165 cm³/mol. The minimum Gasteiger partial charge on any atom is -0.374 e. The van der Waals surface area contributed by atoms with Crippen LogP contribution in [-0.4, -0.2) is 30.1 Å². The number of hydrogen-bond donors (Lipinski definition) is 0. The molecule has 7 nitrogen and oxygen atoms in total. The lowest BCUT2D eigenvalue weighted by Gasteiger charge is -2.35. The van der Waals surface area contributed by atoms with Crippen LogP contribution in [0.5, 0.6) is 0 Å². The van der Waals surface area contributed by atoms with Gasteiger partial charge < -0.3 is 28.2 Å². The van der Waals surface area contributed by atoms with E-state index in [0.717, 1.165) is 27.8 Å². The third-order valence-corrected chi connectivity index (χ3v) is 7.62. The van der Waals surface area contributed by atoms with Crippen LogP contribution in [0, 0.1) is 0 Å². The summed E-state index contributed by atoms with van der Waals surface area (Å²) in [5.41, 5.74) is 5.73. The highest BCUT2D eigenvalue weighted by Gasteiger charge is 2.43. The van der Waals surface area contributed by atoms with Crippen LogP contribution in [0.3, 0.4) is 0 Å². The van der Waals surface area contributed by atoms with Crippen LogP contribution in [0.25, 0.3) is 0 Å². The van der Waals surface area contributed by atoms with E-state index >= 15 is 0 Å². The molecule has 226 valence electrons. The van der Waals surface area contributed by atoms with Gasteiger partial charge in [-0.05, 0) is 22.3 Å². The van der Waals surface area contributed by atoms with E-state index < -0.39 is 24.4 Å². The third-order valence-electron chi connectivity index (χ3n) is 7.62. The maximum absolute atomic E-state index is 6.72. The first kappa shape index (κ1) is 29.9. The van der Waals surface area contributed by atoms with Crippen molar-refractivity contribution in [3.05, 3.63) is 161 Å². The van der Waals surface area contributed by atoms with Gasteiger partial charge in [-0.1, -0.05) is 126 Å². The van der Waals surface area contributed by atoms with Gasteiger partial charge in [0.15, 0.2) is 0 Å². The number of ether oxygens (including phenoxy) is 5. The number of aromatic nitrogens is 1. The van der Waals surface area contributed by atoms with Crippen molar-refractivity contribution in [2.75, 3.05) is 6.61 Å². The first-order valence-electron chi connectivity index (χ1n) is 15.0. The van der Waals surface area contributed by atoms with Crippen LogP contribution in [0.1, 0.15) is 39.6 Å². The molecular weight excluding hydrogens is 554 g/mol. The van der Waals surface area contributed by atoms with E-state index in [1.165, 1.54) is 0 Å². The summed E-state index contributed by atoms with van der Waals surface area (Å²) in [6, 6.07) is 40.4. The third kappa shape index (κ3) is 8.08. The summed E-state index contributed by atoms with van der Waals surface area (Å²) < 4.78 is 38.2. The molecule has 1 aromatic heterocycles. The van der Waals surface area contributed by atoms with Crippen molar-refractivity contribution in [2.45, 2.75) is 57.5 Å². The number of benzene rings is 4. The Balaban J connectivity index is 1.29. The van der Waals surface area contributed by atoms with Gasteiger partial charge in [-0.15, -0.1) is 0 Å². The van der Waals surface area contributed by atoms with Crippen LogP contribution in [0.2, 0.25) is 0 Å². The lowest BCUT2D eigenvalue weighted by Crippen LogP contribution is -2.47. The number of nitrogens with zero attached hydrogens (tertiary/aromatic N) is 1. The minimum atomic E-state index is -0.577. The highest BCUT2D eigenvalue weighted by atomic mass is 16.6. The minimum absolute atomic E-state index is 0.282. The molecule has 2 heterocycles. The normalized spacial score (nSPS) is 18.8. The number of fused-ring (bicyclic) bond motifs is 1.